The third-order valence-electron chi connectivity index (χ3n) is 5.81. The molecular formula is C21H24N4O4. The Morgan fingerprint density at radius 3 is 2.38 bits per heavy atom. The molecule has 2 aliphatic heterocycles. The lowest BCUT2D eigenvalue weighted by Crippen LogP contribution is -2.58. The van der Waals surface area contributed by atoms with Gasteiger partial charge in [0.1, 0.15) is 0 Å². The highest BCUT2D eigenvalue weighted by molar-refractivity contribution is 5.95. The maximum absolute atomic E-state index is 13.2. The predicted molar refractivity (Wildman–Crippen MR) is 107 cm³/mol. The number of nitrogens with one attached hydrogen (secondary N) is 3. The molecule has 2 aromatic rings. The number of hydrogen-bond acceptors (Lipinski definition) is 4. The second kappa shape index (κ2) is 7.69. The number of H-pyrrole nitrogens is 2. The van der Waals surface area contributed by atoms with E-state index >= 15 is 0 Å². The molecule has 2 amide bonds. The monoisotopic (exact) mass is 396 g/mol. The highest BCUT2D eigenvalue weighted by atomic mass is 16.2. The van der Waals surface area contributed by atoms with Crippen LogP contribution < -0.4 is 16.4 Å². The zero-order chi connectivity index (χ0) is 20.5. The number of pyridine rings is 2. The minimum absolute atomic E-state index is 0.0269. The SMILES string of the molecule is Cc1cc(C(=O)N2C3CCCC2CC(NC(=O)c2cc[nH]c(=O)c2)C3)cc(=O)[nH]1. The number of rotatable bonds is 3. The molecule has 0 radical (unpaired) electrons. The van der Waals surface area contributed by atoms with Gasteiger partial charge in [0.25, 0.3) is 11.8 Å². The van der Waals surface area contributed by atoms with Gasteiger partial charge in [0, 0.05) is 53.3 Å². The number of aromatic amines is 2. The van der Waals surface area contributed by atoms with Crippen LogP contribution in [0.4, 0.5) is 0 Å². The van der Waals surface area contributed by atoms with Crippen LogP contribution in [0.2, 0.25) is 0 Å². The fourth-order valence-corrected chi connectivity index (χ4v) is 4.64. The number of piperidine rings is 2. The molecule has 0 aliphatic carbocycles. The second-order valence-electron chi connectivity index (χ2n) is 7.95. The summed E-state index contributed by atoms with van der Waals surface area (Å²) in [5, 5.41) is 3.02. The van der Waals surface area contributed by atoms with Crippen molar-refractivity contribution in [1.29, 1.82) is 0 Å². The molecule has 8 heteroatoms. The van der Waals surface area contributed by atoms with Crippen LogP contribution in [0.5, 0.6) is 0 Å². The number of carbonyl (C=O) groups is 2. The topological polar surface area (TPSA) is 115 Å². The van der Waals surface area contributed by atoms with Crippen LogP contribution in [0.25, 0.3) is 0 Å². The predicted octanol–water partition coefficient (Wildman–Crippen LogP) is 1.33. The molecule has 2 bridgehead atoms. The highest BCUT2D eigenvalue weighted by Gasteiger charge is 2.41. The molecule has 4 heterocycles. The van der Waals surface area contributed by atoms with Gasteiger partial charge >= 0.3 is 0 Å². The fourth-order valence-electron chi connectivity index (χ4n) is 4.64. The van der Waals surface area contributed by atoms with Crippen LogP contribution in [0, 0.1) is 6.92 Å². The van der Waals surface area contributed by atoms with Crippen molar-refractivity contribution in [3.05, 3.63) is 68.0 Å². The Labute approximate surface area is 167 Å². The maximum Gasteiger partial charge on any atom is 0.254 e. The first kappa shape index (κ1) is 19.2. The van der Waals surface area contributed by atoms with E-state index in [4.69, 9.17) is 0 Å². The normalized spacial score (nSPS) is 23.5. The van der Waals surface area contributed by atoms with Crippen molar-refractivity contribution >= 4 is 11.8 Å². The largest absolute Gasteiger partial charge is 0.349 e. The first-order valence-electron chi connectivity index (χ1n) is 9.94. The number of carbonyl (C=O) groups excluding carboxylic acids is 2. The van der Waals surface area contributed by atoms with Crippen LogP contribution in [0.3, 0.4) is 0 Å². The van der Waals surface area contributed by atoms with Crippen molar-refractivity contribution in [2.45, 2.75) is 57.2 Å². The lowest BCUT2D eigenvalue weighted by molar-refractivity contribution is 0.0207. The molecule has 152 valence electrons. The van der Waals surface area contributed by atoms with E-state index < -0.39 is 0 Å². The lowest BCUT2D eigenvalue weighted by Gasteiger charge is -2.49. The van der Waals surface area contributed by atoms with Crippen LogP contribution in [0.15, 0.2) is 40.1 Å². The molecule has 2 fully saturated rings. The lowest BCUT2D eigenvalue weighted by atomic mass is 9.81. The van der Waals surface area contributed by atoms with E-state index in [0.717, 1.165) is 19.3 Å². The first-order valence-corrected chi connectivity index (χ1v) is 9.94. The van der Waals surface area contributed by atoms with Gasteiger partial charge in [0.2, 0.25) is 11.1 Å². The summed E-state index contributed by atoms with van der Waals surface area (Å²) in [5.74, 6) is -0.391. The van der Waals surface area contributed by atoms with Crippen LogP contribution >= 0.6 is 0 Å². The molecular weight excluding hydrogens is 372 g/mol. The zero-order valence-corrected chi connectivity index (χ0v) is 16.2. The number of aromatic nitrogens is 2. The van der Waals surface area contributed by atoms with E-state index in [1.54, 1.807) is 19.1 Å². The van der Waals surface area contributed by atoms with Gasteiger partial charge in [-0.1, -0.05) is 0 Å². The van der Waals surface area contributed by atoms with Gasteiger partial charge < -0.3 is 20.2 Å². The maximum atomic E-state index is 13.2. The summed E-state index contributed by atoms with van der Waals surface area (Å²) in [4.78, 5) is 56.0. The van der Waals surface area contributed by atoms with Crippen LogP contribution in [-0.4, -0.2) is 44.8 Å². The van der Waals surface area contributed by atoms with E-state index in [1.165, 1.54) is 18.3 Å². The Hall–Kier alpha value is -3.16. The molecule has 3 N–H and O–H groups in total. The summed E-state index contributed by atoms with van der Waals surface area (Å²) in [5.41, 5.74) is 0.804. The van der Waals surface area contributed by atoms with E-state index in [2.05, 4.69) is 15.3 Å². The van der Waals surface area contributed by atoms with Crippen molar-refractivity contribution < 1.29 is 9.59 Å². The molecule has 29 heavy (non-hydrogen) atoms. The molecule has 2 saturated heterocycles. The molecule has 2 atom stereocenters. The second-order valence-corrected chi connectivity index (χ2v) is 7.95. The summed E-state index contributed by atoms with van der Waals surface area (Å²) in [7, 11) is 0. The number of fused-ring (bicyclic) bond motifs is 2. The van der Waals surface area contributed by atoms with Gasteiger partial charge in [-0.15, -0.1) is 0 Å². The number of amides is 2. The van der Waals surface area contributed by atoms with E-state index in [9.17, 15) is 19.2 Å². The summed E-state index contributed by atoms with van der Waals surface area (Å²) < 4.78 is 0. The minimum Gasteiger partial charge on any atom is -0.349 e. The van der Waals surface area contributed by atoms with E-state index in [-0.39, 0.29) is 41.1 Å². The van der Waals surface area contributed by atoms with Crippen molar-refractivity contribution in [3.8, 4) is 0 Å². The van der Waals surface area contributed by atoms with Gasteiger partial charge in [-0.2, -0.15) is 0 Å². The molecule has 0 spiro atoms. The standard InChI is InChI=1S/C21H24N4O4/c1-12-7-14(9-19(27)23-12)21(29)25-16-3-2-4-17(25)11-15(10-16)24-20(28)13-5-6-22-18(26)8-13/h5-9,15-17H,2-4,10-11H2,1H3,(H,22,26)(H,23,27)(H,24,28). The summed E-state index contributed by atoms with van der Waals surface area (Å²) in [6.45, 7) is 1.76. The van der Waals surface area contributed by atoms with Crippen LogP contribution in [-0.2, 0) is 0 Å². The molecule has 4 rings (SSSR count). The number of nitrogens with zero attached hydrogens (tertiary/aromatic N) is 1. The minimum atomic E-state index is -0.317. The average Bonchev–Trinajstić information content (AvgIpc) is 2.66. The molecule has 2 unspecified atom stereocenters. The Bertz CT molecular complexity index is 1040. The van der Waals surface area contributed by atoms with Crippen molar-refractivity contribution in [2.75, 3.05) is 0 Å². The number of hydrogen-bond donors (Lipinski definition) is 3. The average molecular weight is 396 g/mol. The summed E-state index contributed by atoms with van der Waals surface area (Å²) in [6.07, 6.45) is 5.58. The third-order valence-corrected chi connectivity index (χ3v) is 5.81. The van der Waals surface area contributed by atoms with Crippen molar-refractivity contribution in [3.63, 3.8) is 0 Å². The zero-order valence-electron chi connectivity index (χ0n) is 16.2. The Morgan fingerprint density at radius 2 is 1.72 bits per heavy atom. The molecule has 2 aliphatic rings. The van der Waals surface area contributed by atoms with E-state index in [1.807, 2.05) is 4.90 Å². The van der Waals surface area contributed by atoms with Crippen molar-refractivity contribution in [2.24, 2.45) is 0 Å². The van der Waals surface area contributed by atoms with Crippen molar-refractivity contribution in [1.82, 2.24) is 20.2 Å². The Morgan fingerprint density at radius 1 is 1.03 bits per heavy atom. The van der Waals surface area contributed by atoms with Gasteiger partial charge in [0.05, 0.1) is 0 Å². The van der Waals surface area contributed by atoms with E-state index in [0.29, 0.717) is 29.7 Å². The van der Waals surface area contributed by atoms with Gasteiger partial charge in [0.15, 0.2) is 0 Å². The number of aryl methyl sites for hydroxylation is 1. The van der Waals surface area contributed by atoms with Gasteiger partial charge in [-0.3, -0.25) is 19.2 Å². The quantitative estimate of drug-likeness (QED) is 0.726. The van der Waals surface area contributed by atoms with Gasteiger partial charge in [-0.25, -0.2) is 0 Å². The fraction of sp³-hybridized carbons (Fsp3) is 0.429. The summed E-state index contributed by atoms with van der Waals surface area (Å²) in [6, 6.07) is 5.92. The van der Waals surface area contributed by atoms with Gasteiger partial charge in [-0.05, 0) is 51.2 Å². The first-order chi connectivity index (χ1) is 13.9. The third kappa shape index (κ3) is 4.01. The molecule has 8 nitrogen and oxygen atoms in total. The molecule has 0 saturated carbocycles. The molecule has 0 aromatic carbocycles. The van der Waals surface area contributed by atoms with Crippen LogP contribution in [0.1, 0.15) is 58.5 Å². The smallest absolute Gasteiger partial charge is 0.254 e. The Balaban J connectivity index is 1.50. The Kier molecular flexibility index (Phi) is 5.08. The summed E-state index contributed by atoms with van der Waals surface area (Å²) >= 11 is 0. The molecule has 2 aromatic heterocycles. The highest BCUT2D eigenvalue weighted by Crippen LogP contribution is 2.35.